The van der Waals surface area contributed by atoms with Crippen LogP contribution in [0.5, 0.6) is 0 Å². The first kappa shape index (κ1) is 20.6. The average Bonchev–Trinajstić information content (AvgIpc) is 3.31. The van der Waals surface area contributed by atoms with Gasteiger partial charge in [-0.1, -0.05) is 26.7 Å². The molecule has 0 saturated heterocycles. The number of amides is 2. The van der Waals surface area contributed by atoms with Crippen molar-refractivity contribution in [3.05, 3.63) is 35.0 Å². The van der Waals surface area contributed by atoms with E-state index in [0.29, 0.717) is 27.3 Å². The molecule has 1 unspecified atom stereocenters. The van der Waals surface area contributed by atoms with E-state index in [0.717, 1.165) is 4.88 Å². The van der Waals surface area contributed by atoms with Crippen molar-refractivity contribution in [3.8, 4) is 22.9 Å². The van der Waals surface area contributed by atoms with Gasteiger partial charge in [-0.2, -0.15) is 0 Å². The highest BCUT2D eigenvalue weighted by molar-refractivity contribution is 7.17. The molecule has 3 heterocycles. The van der Waals surface area contributed by atoms with Gasteiger partial charge in [0.1, 0.15) is 5.52 Å². The zero-order chi connectivity index (χ0) is 21.2. The summed E-state index contributed by atoms with van der Waals surface area (Å²) in [6.07, 6.45) is 8.41. The number of aromatic amines is 1. The van der Waals surface area contributed by atoms with E-state index in [1.165, 1.54) is 11.3 Å². The normalized spacial score (nSPS) is 12.4. The topological polar surface area (TPSA) is 99.8 Å². The molecule has 150 valence electrons. The van der Waals surface area contributed by atoms with Gasteiger partial charge in [0.25, 0.3) is 11.8 Å². The number of carbonyl (C=O) groups excluding carboxylic acids is 2. The van der Waals surface area contributed by atoms with Crippen LogP contribution in [0.2, 0.25) is 0 Å². The van der Waals surface area contributed by atoms with Crippen molar-refractivity contribution in [2.24, 2.45) is 5.41 Å². The summed E-state index contributed by atoms with van der Waals surface area (Å²) in [5, 5.41) is 5.65. The maximum absolute atomic E-state index is 12.8. The van der Waals surface area contributed by atoms with E-state index in [2.05, 4.69) is 52.3 Å². The number of hydrogen-bond donors (Lipinski definition) is 3. The molecule has 1 atom stereocenters. The minimum atomic E-state index is -0.230. The summed E-state index contributed by atoms with van der Waals surface area (Å²) in [6.45, 7) is 8.35. The molecule has 2 amide bonds. The highest BCUT2D eigenvalue weighted by Crippen LogP contribution is 2.28. The lowest BCUT2D eigenvalue weighted by molar-refractivity contribution is 0.0910. The maximum atomic E-state index is 12.8. The molecule has 0 saturated carbocycles. The first-order valence-corrected chi connectivity index (χ1v) is 9.99. The summed E-state index contributed by atoms with van der Waals surface area (Å²) < 4.78 is 0. The zero-order valence-electron chi connectivity index (χ0n) is 16.8. The van der Waals surface area contributed by atoms with Gasteiger partial charge in [-0.25, -0.2) is 9.97 Å². The molecule has 29 heavy (non-hydrogen) atoms. The Kier molecular flexibility index (Phi) is 5.71. The van der Waals surface area contributed by atoms with Crippen molar-refractivity contribution in [2.75, 3.05) is 6.54 Å². The lowest BCUT2D eigenvalue weighted by atomic mass is 9.88. The van der Waals surface area contributed by atoms with Gasteiger partial charge in [0.2, 0.25) is 0 Å². The molecule has 0 aliphatic heterocycles. The molecule has 0 spiro atoms. The molecule has 0 bridgehead atoms. The molecule has 0 fully saturated rings. The second-order valence-corrected chi connectivity index (χ2v) is 8.85. The second-order valence-electron chi connectivity index (χ2n) is 7.77. The van der Waals surface area contributed by atoms with Crippen LogP contribution >= 0.6 is 11.3 Å². The van der Waals surface area contributed by atoms with Crippen LogP contribution in [0, 0.1) is 17.8 Å². The summed E-state index contributed by atoms with van der Waals surface area (Å²) in [4.78, 5) is 38.1. The van der Waals surface area contributed by atoms with E-state index in [4.69, 9.17) is 6.42 Å². The Morgan fingerprint density at radius 1 is 1.31 bits per heavy atom. The number of nitrogens with one attached hydrogen (secondary N) is 3. The Morgan fingerprint density at radius 2 is 2.07 bits per heavy atom. The summed E-state index contributed by atoms with van der Waals surface area (Å²) in [5.74, 6) is 1.94. The molecule has 3 aromatic rings. The first-order valence-electron chi connectivity index (χ1n) is 9.17. The Labute approximate surface area is 173 Å². The van der Waals surface area contributed by atoms with Crippen molar-refractivity contribution in [2.45, 2.75) is 33.7 Å². The Bertz CT molecular complexity index is 1100. The summed E-state index contributed by atoms with van der Waals surface area (Å²) in [7, 11) is 0. The Balaban J connectivity index is 1.88. The lowest BCUT2D eigenvalue weighted by Crippen LogP contribution is -2.41. The predicted octanol–water partition coefficient (Wildman–Crippen LogP) is 3.21. The fourth-order valence-electron chi connectivity index (χ4n) is 2.49. The molecule has 3 aromatic heterocycles. The minimum absolute atomic E-state index is 0.0162. The van der Waals surface area contributed by atoms with Crippen LogP contribution in [0.1, 0.15) is 47.7 Å². The number of nitrogens with zero attached hydrogens (tertiary/aromatic N) is 2. The van der Waals surface area contributed by atoms with Gasteiger partial charge in [0, 0.05) is 12.2 Å². The van der Waals surface area contributed by atoms with E-state index >= 15 is 0 Å². The number of hydrogen-bond acceptors (Lipinski definition) is 5. The number of H-pyrrole nitrogens is 1. The predicted molar refractivity (Wildman–Crippen MR) is 115 cm³/mol. The highest BCUT2D eigenvalue weighted by Gasteiger charge is 2.24. The van der Waals surface area contributed by atoms with Crippen molar-refractivity contribution in [3.63, 3.8) is 0 Å². The maximum Gasteiger partial charge on any atom is 0.262 e. The van der Waals surface area contributed by atoms with Crippen LogP contribution in [0.15, 0.2) is 24.5 Å². The number of carbonyl (C=O) groups is 2. The molecular formula is C21H23N5O2S. The van der Waals surface area contributed by atoms with Crippen LogP contribution in [-0.2, 0) is 0 Å². The molecule has 3 rings (SSSR count). The van der Waals surface area contributed by atoms with E-state index in [1.807, 2.05) is 6.92 Å². The van der Waals surface area contributed by atoms with Crippen LogP contribution in [0.3, 0.4) is 0 Å². The highest BCUT2D eigenvalue weighted by atomic mass is 32.1. The largest absolute Gasteiger partial charge is 0.349 e. The zero-order valence-corrected chi connectivity index (χ0v) is 17.6. The van der Waals surface area contributed by atoms with Crippen LogP contribution in [-0.4, -0.2) is 39.4 Å². The van der Waals surface area contributed by atoms with E-state index in [1.54, 1.807) is 24.5 Å². The Morgan fingerprint density at radius 3 is 2.76 bits per heavy atom. The SMILES string of the molecule is C#CCNC(=O)c1ccc(-c2cnc3[nH]cc(C(=O)NC(C)C(C)(C)C)c3n2)s1. The van der Waals surface area contributed by atoms with Gasteiger partial charge in [-0.05, 0) is 24.5 Å². The standard InChI is InChI=1S/C21H23N5O2S/c1-6-9-22-20(28)16-8-7-15(29-16)14-11-24-18-17(26-14)13(10-23-18)19(27)25-12(2)21(3,4)5/h1,7-8,10-12H,9H2,2-5H3,(H,22,28)(H,23,24)(H,25,27). The molecule has 0 aliphatic rings. The van der Waals surface area contributed by atoms with Gasteiger partial charge in [0.15, 0.2) is 5.65 Å². The van der Waals surface area contributed by atoms with E-state index in [9.17, 15) is 9.59 Å². The van der Waals surface area contributed by atoms with Gasteiger partial charge in [-0.3, -0.25) is 9.59 Å². The third-order valence-corrected chi connectivity index (χ3v) is 5.81. The van der Waals surface area contributed by atoms with Gasteiger partial charge < -0.3 is 15.6 Å². The molecular weight excluding hydrogens is 386 g/mol. The molecule has 3 N–H and O–H groups in total. The molecule has 0 aliphatic carbocycles. The van der Waals surface area contributed by atoms with Crippen molar-refractivity contribution in [1.82, 2.24) is 25.6 Å². The number of rotatable bonds is 5. The number of thiophene rings is 1. The molecule has 0 radical (unpaired) electrons. The van der Waals surface area contributed by atoms with Crippen LogP contribution in [0.25, 0.3) is 21.7 Å². The van der Waals surface area contributed by atoms with Gasteiger partial charge >= 0.3 is 0 Å². The van der Waals surface area contributed by atoms with Crippen molar-refractivity contribution < 1.29 is 9.59 Å². The smallest absolute Gasteiger partial charge is 0.262 e. The monoisotopic (exact) mass is 409 g/mol. The molecule has 0 aromatic carbocycles. The third-order valence-electron chi connectivity index (χ3n) is 4.71. The van der Waals surface area contributed by atoms with Crippen molar-refractivity contribution in [1.29, 1.82) is 0 Å². The molecule has 8 heteroatoms. The van der Waals surface area contributed by atoms with Crippen molar-refractivity contribution >= 4 is 34.3 Å². The van der Waals surface area contributed by atoms with E-state index in [-0.39, 0.29) is 29.8 Å². The first-order chi connectivity index (χ1) is 13.7. The third kappa shape index (κ3) is 4.46. The second kappa shape index (κ2) is 8.05. The Hall–Kier alpha value is -3.18. The van der Waals surface area contributed by atoms with Crippen LogP contribution < -0.4 is 10.6 Å². The number of terminal acetylenes is 1. The van der Waals surface area contributed by atoms with Crippen LogP contribution in [0.4, 0.5) is 0 Å². The minimum Gasteiger partial charge on any atom is -0.349 e. The quantitative estimate of drug-likeness (QED) is 0.563. The van der Waals surface area contributed by atoms with Gasteiger partial charge in [-0.15, -0.1) is 17.8 Å². The number of aromatic nitrogens is 3. The fourth-order valence-corrected chi connectivity index (χ4v) is 3.37. The van der Waals surface area contributed by atoms with Gasteiger partial charge in [0.05, 0.1) is 33.8 Å². The molecule has 7 nitrogen and oxygen atoms in total. The average molecular weight is 410 g/mol. The summed E-state index contributed by atoms with van der Waals surface area (Å²) in [5.41, 5.74) is 2.00. The summed E-state index contributed by atoms with van der Waals surface area (Å²) >= 11 is 1.29. The van der Waals surface area contributed by atoms with E-state index < -0.39 is 0 Å². The summed E-state index contributed by atoms with van der Waals surface area (Å²) in [6, 6.07) is 3.50. The lowest BCUT2D eigenvalue weighted by Gasteiger charge is -2.27. The fraction of sp³-hybridized carbons (Fsp3) is 0.333. The number of fused-ring (bicyclic) bond motifs is 1.